The summed E-state index contributed by atoms with van der Waals surface area (Å²) >= 11 is 0. The molecule has 4 nitrogen and oxygen atoms in total. The van der Waals surface area contributed by atoms with Crippen LogP contribution in [0.1, 0.15) is 41.2 Å². The number of benzene rings is 2. The van der Waals surface area contributed by atoms with Crippen LogP contribution in [0.3, 0.4) is 0 Å². The molecule has 0 aromatic heterocycles. The lowest BCUT2D eigenvalue weighted by atomic mass is 9.94. The summed E-state index contributed by atoms with van der Waals surface area (Å²) in [5, 5.41) is 9.62. The SMILES string of the molecule is C=C1CCc2cc(CS(=O)(=O)Cc3ccc(C)cc3)cc(C#N)c2N1CC. The largest absolute Gasteiger partial charge is 0.345 e. The Hall–Kier alpha value is -2.58. The van der Waals surface area contributed by atoms with Crippen LogP contribution in [-0.4, -0.2) is 15.0 Å². The van der Waals surface area contributed by atoms with E-state index in [1.165, 1.54) is 0 Å². The van der Waals surface area contributed by atoms with E-state index in [2.05, 4.69) is 17.5 Å². The third-order valence-corrected chi connectivity index (χ3v) is 6.46. The zero-order valence-electron chi connectivity index (χ0n) is 15.8. The molecule has 0 amide bonds. The summed E-state index contributed by atoms with van der Waals surface area (Å²) in [7, 11) is -3.32. The highest BCUT2D eigenvalue weighted by molar-refractivity contribution is 7.89. The van der Waals surface area contributed by atoms with Crippen LogP contribution in [-0.2, 0) is 27.8 Å². The lowest BCUT2D eigenvalue weighted by molar-refractivity contribution is 0.594. The summed E-state index contributed by atoms with van der Waals surface area (Å²) in [6.45, 7) is 8.84. The molecule has 0 fully saturated rings. The molecular weight excluding hydrogens is 356 g/mol. The Labute approximate surface area is 161 Å². The zero-order valence-corrected chi connectivity index (χ0v) is 16.6. The van der Waals surface area contributed by atoms with Gasteiger partial charge in [-0.3, -0.25) is 0 Å². The summed E-state index contributed by atoms with van der Waals surface area (Å²) in [6, 6.07) is 13.4. The predicted molar refractivity (Wildman–Crippen MR) is 109 cm³/mol. The third kappa shape index (κ3) is 4.23. The number of hydrogen-bond acceptors (Lipinski definition) is 4. The molecule has 3 rings (SSSR count). The van der Waals surface area contributed by atoms with Crippen molar-refractivity contribution in [3.8, 4) is 6.07 Å². The van der Waals surface area contributed by atoms with Gasteiger partial charge in [0.1, 0.15) is 6.07 Å². The van der Waals surface area contributed by atoms with Crippen LogP contribution < -0.4 is 4.90 Å². The molecule has 0 atom stereocenters. The van der Waals surface area contributed by atoms with Crippen molar-refractivity contribution in [3.63, 3.8) is 0 Å². The standard InChI is InChI=1S/C22H24N2O2S/c1-4-24-17(3)7-10-20-11-19(12-21(13-23)22(20)24)15-27(25,26)14-18-8-5-16(2)6-9-18/h5-6,8-9,11-12H,3-4,7,10,14-15H2,1-2H3. The number of allylic oxidation sites excluding steroid dienone is 1. The smallest absolute Gasteiger partial charge is 0.158 e. The lowest BCUT2D eigenvalue weighted by Gasteiger charge is -2.33. The summed E-state index contributed by atoms with van der Waals surface area (Å²) in [5.41, 5.74) is 6.01. The van der Waals surface area contributed by atoms with Gasteiger partial charge in [0.2, 0.25) is 0 Å². The quantitative estimate of drug-likeness (QED) is 0.777. The molecule has 2 aromatic carbocycles. The third-order valence-electron chi connectivity index (χ3n) is 4.91. The molecular formula is C22H24N2O2S. The Morgan fingerprint density at radius 3 is 2.41 bits per heavy atom. The molecule has 0 spiro atoms. The van der Waals surface area contributed by atoms with Gasteiger partial charge < -0.3 is 4.90 Å². The number of fused-ring (bicyclic) bond motifs is 1. The highest BCUT2D eigenvalue weighted by Crippen LogP contribution is 2.36. The van der Waals surface area contributed by atoms with Gasteiger partial charge in [-0.1, -0.05) is 42.5 Å². The molecule has 0 bridgehead atoms. The van der Waals surface area contributed by atoms with Gasteiger partial charge in [-0.15, -0.1) is 0 Å². The van der Waals surface area contributed by atoms with E-state index >= 15 is 0 Å². The van der Waals surface area contributed by atoms with Crippen LogP contribution in [0.2, 0.25) is 0 Å². The molecule has 0 N–H and O–H groups in total. The Morgan fingerprint density at radius 1 is 1.11 bits per heavy atom. The van der Waals surface area contributed by atoms with Gasteiger partial charge in [0, 0.05) is 12.2 Å². The van der Waals surface area contributed by atoms with Crippen molar-refractivity contribution >= 4 is 15.5 Å². The van der Waals surface area contributed by atoms with Crippen LogP contribution >= 0.6 is 0 Å². The van der Waals surface area contributed by atoms with Crippen molar-refractivity contribution < 1.29 is 8.42 Å². The van der Waals surface area contributed by atoms with Gasteiger partial charge in [-0.25, -0.2) is 8.42 Å². The number of nitrogens with zero attached hydrogens (tertiary/aromatic N) is 2. The summed E-state index contributed by atoms with van der Waals surface area (Å²) in [5.74, 6) is -0.0555. The van der Waals surface area contributed by atoms with E-state index in [-0.39, 0.29) is 11.5 Å². The minimum absolute atomic E-state index is 0.00411. The zero-order chi connectivity index (χ0) is 19.6. The van der Waals surface area contributed by atoms with Crippen LogP contribution in [0, 0.1) is 18.3 Å². The molecule has 0 radical (unpaired) electrons. The van der Waals surface area contributed by atoms with Crippen LogP contribution in [0.15, 0.2) is 48.7 Å². The predicted octanol–water partition coefficient (Wildman–Crippen LogP) is 4.27. The van der Waals surface area contributed by atoms with Gasteiger partial charge in [-0.05, 0) is 49.4 Å². The van der Waals surface area contributed by atoms with Crippen molar-refractivity contribution in [2.24, 2.45) is 0 Å². The van der Waals surface area contributed by atoms with Gasteiger partial charge in [0.15, 0.2) is 9.84 Å². The van der Waals surface area contributed by atoms with Crippen molar-refractivity contribution in [1.29, 1.82) is 5.26 Å². The second kappa shape index (κ2) is 7.58. The van der Waals surface area contributed by atoms with E-state index in [1.54, 1.807) is 6.07 Å². The Balaban J connectivity index is 1.90. The minimum Gasteiger partial charge on any atom is -0.345 e. The fraction of sp³-hybridized carbons (Fsp3) is 0.318. The molecule has 140 valence electrons. The summed E-state index contributed by atoms with van der Waals surface area (Å²) < 4.78 is 25.4. The van der Waals surface area contributed by atoms with Crippen LogP contribution in [0.5, 0.6) is 0 Å². The number of anilines is 1. The first-order valence-corrected chi connectivity index (χ1v) is 10.9. The van der Waals surface area contributed by atoms with E-state index in [0.29, 0.717) is 11.1 Å². The Kier molecular flexibility index (Phi) is 5.38. The number of nitriles is 1. The Bertz CT molecular complexity index is 1020. The normalized spacial score (nSPS) is 14.0. The second-order valence-electron chi connectivity index (χ2n) is 7.09. The first kappa shape index (κ1) is 19.2. The van der Waals surface area contributed by atoms with E-state index in [1.807, 2.05) is 44.2 Å². The van der Waals surface area contributed by atoms with Gasteiger partial charge >= 0.3 is 0 Å². The summed E-state index contributed by atoms with van der Waals surface area (Å²) in [4.78, 5) is 2.06. The fourth-order valence-corrected chi connectivity index (χ4v) is 5.11. The van der Waals surface area contributed by atoms with E-state index < -0.39 is 9.84 Å². The lowest BCUT2D eigenvalue weighted by Crippen LogP contribution is -2.27. The maximum atomic E-state index is 12.7. The fourth-order valence-electron chi connectivity index (χ4n) is 3.64. The van der Waals surface area contributed by atoms with E-state index in [4.69, 9.17) is 0 Å². The average molecular weight is 381 g/mol. The van der Waals surface area contributed by atoms with Gasteiger partial charge in [0.05, 0.1) is 22.8 Å². The number of sulfone groups is 1. The second-order valence-corrected chi connectivity index (χ2v) is 9.16. The number of hydrogen-bond donors (Lipinski definition) is 0. The van der Waals surface area contributed by atoms with Gasteiger partial charge in [-0.2, -0.15) is 5.26 Å². The molecule has 2 aromatic rings. The first-order valence-electron chi connectivity index (χ1n) is 9.10. The molecule has 27 heavy (non-hydrogen) atoms. The van der Waals surface area contributed by atoms with Crippen molar-refractivity contribution in [1.82, 2.24) is 0 Å². The Morgan fingerprint density at radius 2 is 1.78 bits per heavy atom. The number of aryl methyl sites for hydroxylation is 2. The highest BCUT2D eigenvalue weighted by Gasteiger charge is 2.24. The van der Waals surface area contributed by atoms with E-state index in [0.717, 1.165) is 47.5 Å². The molecule has 1 aliphatic rings. The van der Waals surface area contributed by atoms with Gasteiger partial charge in [0.25, 0.3) is 0 Å². The minimum atomic E-state index is -3.32. The van der Waals surface area contributed by atoms with E-state index in [9.17, 15) is 13.7 Å². The molecule has 0 saturated carbocycles. The average Bonchev–Trinajstić information content (AvgIpc) is 2.62. The van der Waals surface area contributed by atoms with Crippen molar-refractivity contribution in [2.45, 2.75) is 38.2 Å². The monoisotopic (exact) mass is 380 g/mol. The number of rotatable bonds is 5. The molecule has 1 heterocycles. The molecule has 0 aliphatic carbocycles. The molecule has 5 heteroatoms. The maximum Gasteiger partial charge on any atom is 0.158 e. The van der Waals surface area contributed by atoms with Crippen molar-refractivity contribution in [2.75, 3.05) is 11.4 Å². The summed E-state index contributed by atoms with van der Waals surface area (Å²) in [6.07, 6.45) is 1.61. The topological polar surface area (TPSA) is 61.2 Å². The van der Waals surface area contributed by atoms with Crippen LogP contribution in [0.25, 0.3) is 0 Å². The molecule has 1 aliphatic heterocycles. The first-order chi connectivity index (χ1) is 12.8. The molecule has 0 saturated heterocycles. The highest BCUT2D eigenvalue weighted by atomic mass is 32.2. The maximum absolute atomic E-state index is 12.7. The molecule has 0 unspecified atom stereocenters. The van der Waals surface area contributed by atoms with Crippen molar-refractivity contribution in [3.05, 3.63) is 76.5 Å². The van der Waals surface area contributed by atoms with Crippen LogP contribution in [0.4, 0.5) is 5.69 Å².